The van der Waals surface area contributed by atoms with E-state index in [1.165, 1.54) is 0 Å². The fourth-order valence-electron chi connectivity index (χ4n) is 3.16. The van der Waals surface area contributed by atoms with Crippen molar-refractivity contribution >= 4 is 29.9 Å². The molecule has 0 bridgehead atoms. The molecule has 128 valence electrons. The maximum absolute atomic E-state index is 12.4. The van der Waals surface area contributed by atoms with Gasteiger partial charge >= 0.3 is 0 Å². The van der Waals surface area contributed by atoms with Gasteiger partial charge in [0, 0.05) is 48.8 Å². The van der Waals surface area contributed by atoms with E-state index in [-0.39, 0.29) is 30.5 Å². The summed E-state index contributed by atoms with van der Waals surface area (Å²) in [6.45, 7) is 2.96. The summed E-state index contributed by atoms with van der Waals surface area (Å²) in [5.41, 5.74) is 0.686. The molecule has 0 saturated carbocycles. The van der Waals surface area contributed by atoms with Gasteiger partial charge in [0.05, 0.1) is 6.10 Å². The summed E-state index contributed by atoms with van der Waals surface area (Å²) in [5, 5.41) is 17.2. The number of nitrogens with one attached hydrogen (secondary N) is 2. The van der Waals surface area contributed by atoms with Gasteiger partial charge in [0.25, 0.3) is 5.91 Å². The first-order valence-corrected chi connectivity index (χ1v) is 8.21. The minimum Gasteiger partial charge on any atom is -0.390 e. The van der Waals surface area contributed by atoms with Gasteiger partial charge in [-0.1, -0.05) is 11.6 Å². The molecule has 2 atom stereocenters. The highest BCUT2D eigenvalue weighted by Crippen LogP contribution is 2.17. The Morgan fingerprint density at radius 2 is 1.87 bits per heavy atom. The van der Waals surface area contributed by atoms with Gasteiger partial charge in [-0.2, -0.15) is 0 Å². The molecule has 3 N–H and O–H groups in total. The maximum Gasteiger partial charge on any atom is 0.253 e. The molecule has 1 aromatic rings. The van der Waals surface area contributed by atoms with Gasteiger partial charge in [-0.3, -0.25) is 4.79 Å². The molecule has 1 amide bonds. The van der Waals surface area contributed by atoms with E-state index in [1.807, 2.05) is 4.90 Å². The van der Waals surface area contributed by atoms with E-state index in [0.29, 0.717) is 23.2 Å². The van der Waals surface area contributed by atoms with Gasteiger partial charge in [0.2, 0.25) is 0 Å². The fraction of sp³-hybridized carbons (Fsp3) is 0.562. The van der Waals surface area contributed by atoms with Crippen molar-refractivity contribution in [2.45, 2.75) is 31.0 Å². The summed E-state index contributed by atoms with van der Waals surface area (Å²) >= 11 is 5.86. The quantitative estimate of drug-likeness (QED) is 0.760. The van der Waals surface area contributed by atoms with Gasteiger partial charge in [0.15, 0.2) is 0 Å². The lowest BCUT2D eigenvalue weighted by Gasteiger charge is -2.34. The number of aliphatic hydroxyl groups excluding tert-OH is 1. The second kappa shape index (κ2) is 8.31. The predicted molar refractivity (Wildman–Crippen MR) is 93.4 cm³/mol. The van der Waals surface area contributed by atoms with Crippen molar-refractivity contribution < 1.29 is 9.90 Å². The first kappa shape index (κ1) is 18.5. The molecule has 5 nitrogen and oxygen atoms in total. The van der Waals surface area contributed by atoms with Crippen LogP contribution in [0.15, 0.2) is 24.3 Å². The highest BCUT2D eigenvalue weighted by Gasteiger charge is 2.29. The normalized spacial score (nSPS) is 25.2. The number of likely N-dealkylation sites (tertiary alicyclic amines) is 1. The van der Waals surface area contributed by atoms with Gasteiger partial charge in [0.1, 0.15) is 0 Å². The standard InChI is InChI=1S/C16H22ClN3O2.ClH/c17-12-3-1-11(2-4-12)16(22)20-7-5-13(6-8-20)19-14-9-18-10-15(14)21;/h1-4,13-15,18-19,21H,5-10H2;1H/t14-,15-;/m1./s1. The zero-order valence-corrected chi connectivity index (χ0v) is 14.4. The maximum atomic E-state index is 12.4. The summed E-state index contributed by atoms with van der Waals surface area (Å²) < 4.78 is 0. The first-order chi connectivity index (χ1) is 10.6. The van der Waals surface area contributed by atoms with Crippen molar-refractivity contribution in [2.75, 3.05) is 26.2 Å². The Hall–Kier alpha value is -0.850. The van der Waals surface area contributed by atoms with Crippen LogP contribution in [0.3, 0.4) is 0 Å². The third-order valence-corrected chi connectivity index (χ3v) is 4.76. The number of hydrogen-bond donors (Lipinski definition) is 3. The van der Waals surface area contributed by atoms with E-state index in [0.717, 1.165) is 32.5 Å². The van der Waals surface area contributed by atoms with Crippen LogP contribution in [-0.4, -0.2) is 60.3 Å². The van der Waals surface area contributed by atoms with Gasteiger partial charge in [-0.25, -0.2) is 0 Å². The molecule has 0 unspecified atom stereocenters. The molecule has 2 fully saturated rings. The Bertz CT molecular complexity index is 519. The topological polar surface area (TPSA) is 64.6 Å². The summed E-state index contributed by atoms with van der Waals surface area (Å²) in [6, 6.07) is 7.54. The van der Waals surface area contributed by atoms with E-state index in [1.54, 1.807) is 24.3 Å². The number of rotatable bonds is 3. The predicted octanol–water partition coefficient (Wildman–Crippen LogP) is 1.29. The molecule has 7 heteroatoms. The molecule has 0 spiro atoms. The number of β-amino-alcohol motifs (C(OH)–C–C–N with tert-alkyl or cyclic N) is 1. The van der Waals surface area contributed by atoms with E-state index in [2.05, 4.69) is 10.6 Å². The molecule has 0 radical (unpaired) electrons. The number of benzene rings is 1. The number of piperidine rings is 1. The SMILES string of the molecule is Cl.O=C(c1ccc(Cl)cc1)N1CCC(N[C@@H]2CNC[C@H]2O)CC1. The van der Waals surface area contributed by atoms with E-state index in [4.69, 9.17) is 11.6 Å². The number of halogens is 2. The zero-order chi connectivity index (χ0) is 15.5. The molecule has 0 aromatic heterocycles. The molecule has 2 aliphatic rings. The summed E-state index contributed by atoms with van der Waals surface area (Å²) in [5.74, 6) is 0.0673. The molecular formula is C16H23Cl2N3O2. The molecule has 2 saturated heterocycles. The average molecular weight is 360 g/mol. The molecule has 23 heavy (non-hydrogen) atoms. The van der Waals surface area contributed by atoms with Gasteiger partial charge in [-0.05, 0) is 37.1 Å². The number of carbonyl (C=O) groups excluding carboxylic acids is 1. The molecular weight excluding hydrogens is 337 g/mol. The minimum absolute atomic E-state index is 0. The zero-order valence-electron chi connectivity index (χ0n) is 12.9. The Labute approximate surface area is 147 Å². The second-order valence-electron chi connectivity index (χ2n) is 6.07. The number of aliphatic hydroxyl groups is 1. The van der Waals surface area contributed by atoms with Crippen LogP contribution in [0.5, 0.6) is 0 Å². The lowest BCUT2D eigenvalue weighted by molar-refractivity contribution is 0.0691. The number of carbonyl (C=O) groups is 1. The van der Waals surface area contributed by atoms with Crippen LogP contribution >= 0.6 is 24.0 Å². The molecule has 3 rings (SSSR count). The molecule has 2 heterocycles. The summed E-state index contributed by atoms with van der Waals surface area (Å²) in [4.78, 5) is 14.3. The van der Waals surface area contributed by atoms with Crippen molar-refractivity contribution in [3.05, 3.63) is 34.9 Å². The highest BCUT2D eigenvalue weighted by atomic mass is 35.5. The molecule has 0 aliphatic carbocycles. The summed E-state index contributed by atoms with van der Waals surface area (Å²) in [7, 11) is 0. The number of hydrogen-bond acceptors (Lipinski definition) is 4. The Morgan fingerprint density at radius 3 is 2.43 bits per heavy atom. The number of nitrogens with zero attached hydrogens (tertiary/aromatic N) is 1. The Morgan fingerprint density at radius 1 is 1.22 bits per heavy atom. The molecule has 1 aromatic carbocycles. The van der Waals surface area contributed by atoms with Crippen LogP contribution in [0, 0.1) is 0 Å². The van der Waals surface area contributed by atoms with Crippen molar-refractivity contribution in [1.29, 1.82) is 0 Å². The minimum atomic E-state index is -0.311. The lowest BCUT2D eigenvalue weighted by atomic mass is 10.0. The highest BCUT2D eigenvalue weighted by molar-refractivity contribution is 6.30. The largest absolute Gasteiger partial charge is 0.390 e. The van der Waals surface area contributed by atoms with Crippen molar-refractivity contribution in [1.82, 2.24) is 15.5 Å². The van der Waals surface area contributed by atoms with E-state index in [9.17, 15) is 9.90 Å². The third-order valence-electron chi connectivity index (χ3n) is 4.51. The summed E-state index contributed by atoms with van der Waals surface area (Å²) in [6.07, 6.45) is 1.53. The number of amides is 1. The van der Waals surface area contributed by atoms with Crippen LogP contribution in [0.4, 0.5) is 0 Å². The van der Waals surface area contributed by atoms with Crippen molar-refractivity contribution in [3.63, 3.8) is 0 Å². The van der Waals surface area contributed by atoms with Gasteiger partial charge < -0.3 is 20.6 Å². The van der Waals surface area contributed by atoms with E-state index >= 15 is 0 Å². The van der Waals surface area contributed by atoms with Crippen LogP contribution < -0.4 is 10.6 Å². The Kier molecular flexibility index (Phi) is 6.68. The van der Waals surface area contributed by atoms with Gasteiger partial charge in [-0.15, -0.1) is 12.4 Å². The van der Waals surface area contributed by atoms with Crippen LogP contribution in [-0.2, 0) is 0 Å². The van der Waals surface area contributed by atoms with Crippen LogP contribution in [0.25, 0.3) is 0 Å². The third kappa shape index (κ3) is 4.58. The van der Waals surface area contributed by atoms with Crippen LogP contribution in [0.1, 0.15) is 23.2 Å². The monoisotopic (exact) mass is 359 g/mol. The second-order valence-corrected chi connectivity index (χ2v) is 6.51. The first-order valence-electron chi connectivity index (χ1n) is 7.83. The van der Waals surface area contributed by atoms with E-state index < -0.39 is 0 Å². The van der Waals surface area contributed by atoms with Crippen LogP contribution in [0.2, 0.25) is 5.02 Å². The smallest absolute Gasteiger partial charge is 0.253 e. The Balaban J connectivity index is 0.00000192. The van der Waals surface area contributed by atoms with Crippen molar-refractivity contribution in [2.24, 2.45) is 0 Å². The fourth-order valence-corrected chi connectivity index (χ4v) is 3.29. The van der Waals surface area contributed by atoms with Crippen molar-refractivity contribution in [3.8, 4) is 0 Å². The molecule has 2 aliphatic heterocycles. The lowest BCUT2D eigenvalue weighted by Crippen LogP contribution is -2.50. The average Bonchev–Trinajstić information content (AvgIpc) is 2.93.